The van der Waals surface area contributed by atoms with Crippen molar-refractivity contribution in [3.8, 4) is 5.75 Å². The summed E-state index contributed by atoms with van der Waals surface area (Å²) in [5.74, 6) is 0.195. The molecule has 2 heterocycles. The summed E-state index contributed by atoms with van der Waals surface area (Å²) in [5.41, 5.74) is 0.692. The van der Waals surface area contributed by atoms with Crippen molar-refractivity contribution in [3.63, 3.8) is 0 Å². The van der Waals surface area contributed by atoms with E-state index in [1.54, 1.807) is 26.0 Å². The third kappa shape index (κ3) is 2.82. The average molecular weight is 328 g/mol. The van der Waals surface area contributed by atoms with Crippen LogP contribution < -0.4 is 10.4 Å². The van der Waals surface area contributed by atoms with E-state index in [4.69, 9.17) is 13.9 Å². The quantitative estimate of drug-likeness (QED) is 0.491. The molecule has 1 aromatic heterocycles. The molecule has 0 bridgehead atoms. The largest absolute Gasteiger partial charge is 0.482 e. The van der Waals surface area contributed by atoms with E-state index in [9.17, 15) is 9.59 Å². The molecule has 0 amide bonds. The van der Waals surface area contributed by atoms with Gasteiger partial charge in [-0.3, -0.25) is 0 Å². The number of carbonyl (C=O) groups excluding carboxylic acids is 1. The van der Waals surface area contributed by atoms with Crippen molar-refractivity contribution in [2.24, 2.45) is 0 Å². The van der Waals surface area contributed by atoms with Gasteiger partial charge in [0.15, 0.2) is 11.3 Å². The molecule has 5 heteroatoms. The number of ether oxygens (including phenoxy) is 2. The maximum Gasteiger partial charge on any atom is 0.336 e. The van der Waals surface area contributed by atoms with Gasteiger partial charge in [0.05, 0.1) is 0 Å². The van der Waals surface area contributed by atoms with Gasteiger partial charge in [-0.25, -0.2) is 9.59 Å². The minimum absolute atomic E-state index is 0.350. The summed E-state index contributed by atoms with van der Waals surface area (Å²) >= 11 is 0. The number of carbonyl (C=O) groups is 1. The molecular formula is C19H20O5. The molecule has 126 valence electrons. The van der Waals surface area contributed by atoms with Crippen LogP contribution in [0.5, 0.6) is 5.75 Å². The molecule has 1 aliphatic rings. The number of allylic oxidation sites excluding steroid dienone is 1. The smallest absolute Gasteiger partial charge is 0.336 e. The van der Waals surface area contributed by atoms with E-state index >= 15 is 0 Å². The molecule has 0 saturated carbocycles. The number of hydrogen-bond donors (Lipinski definition) is 0. The van der Waals surface area contributed by atoms with E-state index in [1.165, 1.54) is 6.07 Å². The maximum atomic E-state index is 12.1. The second-order valence-electron chi connectivity index (χ2n) is 6.50. The standard InChI is InChI=1S/C19H20O5/c1-5-11(2)18(21)24-19(3,4)14-10-13-7-6-12-8-9-15(20)23-16(12)17(13)22-14/h5-9,14H,10H2,1-4H3/b11-5-. The van der Waals surface area contributed by atoms with Crippen LogP contribution in [0.4, 0.5) is 0 Å². The average Bonchev–Trinajstić information content (AvgIpc) is 2.99. The Morgan fingerprint density at radius 2 is 2.00 bits per heavy atom. The lowest BCUT2D eigenvalue weighted by molar-refractivity contribution is -0.159. The van der Waals surface area contributed by atoms with E-state index in [1.807, 2.05) is 26.0 Å². The van der Waals surface area contributed by atoms with Crippen LogP contribution in [0.2, 0.25) is 0 Å². The molecule has 1 aromatic carbocycles. The fourth-order valence-corrected chi connectivity index (χ4v) is 2.71. The SMILES string of the molecule is C/C=C(/C)C(=O)OC(C)(C)C1Cc2ccc3ccc(=O)oc3c2O1. The maximum absolute atomic E-state index is 12.1. The zero-order chi connectivity index (χ0) is 17.5. The van der Waals surface area contributed by atoms with Crippen LogP contribution in [0.25, 0.3) is 11.0 Å². The molecule has 1 atom stereocenters. The Morgan fingerprint density at radius 3 is 2.71 bits per heavy atom. The van der Waals surface area contributed by atoms with Crippen molar-refractivity contribution in [2.45, 2.75) is 45.8 Å². The molecule has 0 radical (unpaired) electrons. The lowest BCUT2D eigenvalue weighted by atomic mass is 9.96. The number of esters is 1. The highest BCUT2D eigenvalue weighted by molar-refractivity contribution is 5.88. The molecule has 24 heavy (non-hydrogen) atoms. The lowest BCUT2D eigenvalue weighted by Gasteiger charge is -2.30. The fraction of sp³-hybridized carbons (Fsp3) is 0.368. The highest BCUT2D eigenvalue weighted by atomic mass is 16.6. The number of rotatable bonds is 3. The van der Waals surface area contributed by atoms with Crippen molar-refractivity contribution >= 4 is 16.9 Å². The van der Waals surface area contributed by atoms with Gasteiger partial charge in [0.2, 0.25) is 0 Å². The van der Waals surface area contributed by atoms with Gasteiger partial charge in [-0.1, -0.05) is 18.2 Å². The van der Waals surface area contributed by atoms with Crippen LogP contribution in [0, 0.1) is 0 Å². The number of hydrogen-bond acceptors (Lipinski definition) is 5. The van der Waals surface area contributed by atoms with Gasteiger partial charge in [0.25, 0.3) is 0 Å². The topological polar surface area (TPSA) is 65.7 Å². The van der Waals surface area contributed by atoms with E-state index in [-0.39, 0.29) is 12.1 Å². The Balaban J connectivity index is 1.90. The molecule has 2 aromatic rings. The predicted molar refractivity (Wildman–Crippen MR) is 90.2 cm³/mol. The van der Waals surface area contributed by atoms with Crippen LogP contribution in [0.3, 0.4) is 0 Å². The van der Waals surface area contributed by atoms with Gasteiger partial charge in [-0.15, -0.1) is 0 Å². The van der Waals surface area contributed by atoms with Crippen LogP contribution in [-0.4, -0.2) is 17.7 Å². The Hall–Kier alpha value is -2.56. The summed E-state index contributed by atoms with van der Waals surface area (Å²) in [6.45, 7) is 7.15. The highest BCUT2D eigenvalue weighted by Gasteiger charge is 2.40. The summed E-state index contributed by atoms with van der Waals surface area (Å²) in [6, 6.07) is 6.93. The summed E-state index contributed by atoms with van der Waals surface area (Å²) < 4.78 is 16.9. The van der Waals surface area contributed by atoms with Gasteiger partial charge in [-0.05, 0) is 33.8 Å². The molecule has 5 nitrogen and oxygen atoms in total. The summed E-state index contributed by atoms with van der Waals surface area (Å²) in [6.07, 6.45) is 1.95. The third-order valence-electron chi connectivity index (χ3n) is 4.38. The highest BCUT2D eigenvalue weighted by Crippen LogP contribution is 2.39. The Kier molecular flexibility index (Phi) is 3.95. The van der Waals surface area contributed by atoms with E-state index in [0.717, 1.165) is 10.9 Å². The lowest BCUT2D eigenvalue weighted by Crippen LogP contribution is -2.43. The molecule has 3 rings (SSSR count). The Labute approximate surface area is 139 Å². The zero-order valence-corrected chi connectivity index (χ0v) is 14.2. The van der Waals surface area contributed by atoms with Gasteiger partial charge in [0, 0.05) is 29.0 Å². The minimum atomic E-state index is -0.818. The summed E-state index contributed by atoms with van der Waals surface area (Å²) in [4.78, 5) is 23.6. The van der Waals surface area contributed by atoms with Crippen LogP contribution in [-0.2, 0) is 16.0 Å². The first kappa shape index (κ1) is 16.3. The monoisotopic (exact) mass is 328 g/mol. The molecule has 0 N–H and O–H groups in total. The van der Waals surface area contributed by atoms with Crippen molar-refractivity contribution in [1.82, 2.24) is 0 Å². The van der Waals surface area contributed by atoms with Gasteiger partial charge in [-0.2, -0.15) is 0 Å². The second kappa shape index (κ2) is 5.82. The van der Waals surface area contributed by atoms with Crippen molar-refractivity contribution in [2.75, 3.05) is 0 Å². The molecule has 1 aliphatic heterocycles. The van der Waals surface area contributed by atoms with E-state index in [0.29, 0.717) is 23.3 Å². The van der Waals surface area contributed by atoms with Crippen LogP contribution in [0.15, 0.2) is 45.1 Å². The molecule has 0 spiro atoms. The van der Waals surface area contributed by atoms with E-state index < -0.39 is 11.2 Å². The van der Waals surface area contributed by atoms with Gasteiger partial charge < -0.3 is 13.9 Å². The first-order valence-corrected chi connectivity index (χ1v) is 7.90. The normalized spacial score (nSPS) is 17.5. The molecule has 0 fully saturated rings. The number of benzene rings is 1. The summed E-state index contributed by atoms with van der Waals surface area (Å²) in [7, 11) is 0. The van der Waals surface area contributed by atoms with Crippen molar-refractivity contribution in [1.29, 1.82) is 0 Å². The Morgan fingerprint density at radius 1 is 1.29 bits per heavy atom. The predicted octanol–water partition coefficient (Wildman–Crippen LogP) is 3.38. The first-order valence-electron chi connectivity index (χ1n) is 7.90. The van der Waals surface area contributed by atoms with Crippen LogP contribution in [0.1, 0.15) is 33.3 Å². The fourth-order valence-electron chi connectivity index (χ4n) is 2.71. The van der Waals surface area contributed by atoms with E-state index in [2.05, 4.69) is 0 Å². The second-order valence-corrected chi connectivity index (χ2v) is 6.50. The Bertz CT molecular complexity index is 888. The van der Waals surface area contributed by atoms with Gasteiger partial charge >= 0.3 is 11.6 Å². The van der Waals surface area contributed by atoms with Gasteiger partial charge in [0.1, 0.15) is 11.7 Å². The minimum Gasteiger partial charge on any atom is -0.482 e. The first-order chi connectivity index (χ1) is 11.3. The molecular weight excluding hydrogens is 308 g/mol. The zero-order valence-electron chi connectivity index (χ0n) is 14.2. The summed E-state index contributed by atoms with van der Waals surface area (Å²) in [5, 5.41) is 0.800. The van der Waals surface area contributed by atoms with Crippen molar-refractivity contribution < 1.29 is 18.7 Å². The number of fused-ring (bicyclic) bond motifs is 3. The molecule has 0 saturated heterocycles. The molecule has 0 aliphatic carbocycles. The molecule has 1 unspecified atom stereocenters. The third-order valence-corrected chi connectivity index (χ3v) is 4.38. The van der Waals surface area contributed by atoms with Crippen molar-refractivity contribution in [3.05, 3.63) is 51.9 Å². The van der Waals surface area contributed by atoms with Crippen LogP contribution >= 0.6 is 0 Å².